The van der Waals surface area contributed by atoms with Crippen LogP contribution in [0.2, 0.25) is 0 Å². The Morgan fingerprint density at radius 1 is 1.08 bits per heavy atom. The van der Waals surface area contributed by atoms with Gasteiger partial charge in [-0.25, -0.2) is 9.59 Å². The van der Waals surface area contributed by atoms with Crippen LogP contribution in [0.4, 0.5) is 26.3 Å². The number of halogens is 6. The van der Waals surface area contributed by atoms with E-state index < -0.39 is 24.3 Å². The summed E-state index contributed by atoms with van der Waals surface area (Å²) in [6.07, 6.45) is -4.21. The number of carbonyl (C=O) groups is 2. The highest BCUT2D eigenvalue weighted by atomic mass is 19.4. The molecule has 2 aromatic rings. The van der Waals surface area contributed by atoms with Crippen molar-refractivity contribution in [1.82, 2.24) is 9.88 Å². The molecule has 37 heavy (non-hydrogen) atoms. The third kappa shape index (κ3) is 11.3. The predicted octanol–water partition coefficient (Wildman–Crippen LogP) is 4.05. The number of carboxylic acids is 2. The molecule has 1 aliphatic rings. The summed E-state index contributed by atoms with van der Waals surface area (Å²) in [6, 6.07) is 14.5. The first-order valence-corrected chi connectivity index (χ1v) is 10.4. The fourth-order valence-electron chi connectivity index (χ4n) is 3.35. The number of nitriles is 1. The van der Waals surface area contributed by atoms with Crippen molar-refractivity contribution in [2.45, 2.75) is 43.9 Å². The number of pyridine rings is 1. The molecule has 1 aliphatic heterocycles. The number of methoxy groups -OCH3 is 1. The number of aromatic nitrogens is 1. The molecule has 0 radical (unpaired) electrons. The van der Waals surface area contributed by atoms with E-state index in [2.05, 4.69) is 28.1 Å². The van der Waals surface area contributed by atoms with E-state index in [-0.39, 0.29) is 6.10 Å². The number of rotatable bonds is 5. The zero-order valence-electron chi connectivity index (χ0n) is 19.3. The van der Waals surface area contributed by atoms with Crippen molar-refractivity contribution in [3.63, 3.8) is 0 Å². The third-order valence-corrected chi connectivity index (χ3v) is 5.00. The van der Waals surface area contributed by atoms with E-state index in [0.717, 1.165) is 25.9 Å². The van der Waals surface area contributed by atoms with Crippen molar-refractivity contribution >= 4 is 11.9 Å². The van der Waals surface area contributed by atoms with Crippen LogP contribution in [0.5, 0.6) is 0 Å². The van der Waals surface area contributed by atoms with Crippen molar-refractivity contribution < 1.29 is 50.9 Å². The minimum atomic E-state index is -5.08. The van der Waals surface area contributed by atoms with Crippen LogP contribution >= 0.6 is 0 Å². The van der Waals surface area contributed by atoms with Gasteiger partial charge in [0.1, 0.15) is 0 Å². The van der Waals surface area contributed by atoms with Gasteiger partial charge in [0.05, 0.1) is 17.7 Å². The van der Waals surface area contributed by atoms with Crippen LogP contribution in [0.15, 0.2) is 48.8 Å². The van der Waals surface area contributed by atoms with Gasteiger partial charge in [0.15, 0.2) is 0 Å². The van der Waals surface area contributed by atoms with Crippen molar-refractivity contribution in [2.75, 3.05) is 13.7 Å². The normalized spacial score (nSPS) is 17.5. The lowest BCUT2D eigenvalue weighted by molar-refractivity contribution is -0.193. The average molecular weight is 535 g/mol. The van der Waals surface area contributed by atoms with E-state index in [9.17, 15) is 26.3 Å². The summed E-state index contributed by atoms with van der Waals surface area (Å²) in [7, 11) is 1.79. The van der Waals surface area contributed by atoms with Gasteiger partial charge in [-0.15, -0.1) is 0 Å². The minimum Gasteiger partial charge on any atom is -0.475 e. The Balaban J connectivity index is 0.000000404. The molecular formula is C23H23F6N3O5. The summed E-state index contributed by atoms with van der Waals surface area (Å²) >= 11 is 0. The van der Waals surface area contributed by atoms with E-state index in [4.69, 9.17) is 29.8 Å². The van der Waals surface area contributed by atoms with Crippen LogP contribution in [-0.4, -0.2) is 70.2 Å². The first-order chi connectivity index (χ1) is 17.2. The van der Waals surface area contributed by atoms with Gasteiger partial charge in [-0.1, -0.05) is 18.2 Å². The Hall–Kier alpha value is -3.70. The number of benzene rings is 1. The van der Waals surface area contributed by atoms with Gasteiger partial charge in [0.2, 0.25) is 0 Å². The molecule has 1 aromatic heterocycles. The molecule has 0 spiro atoms. The largest absolute Gasteiger partial charge is 0.490 e. The zero-order chi connectivity index (χ0) is 28.2. The fraction of sp³-hybridized carbons (Fsp3) is 0.391. The highest BCUT2D eigenvalue weighted by Gasteiger charge is 2.39. The molecule has 0 bridgehead atoms. The van der Waals surface area contributed by atoms with Gasteiger partial charge in [0.25, 0.3) is 0 Å². The smallest absolute Gasteiger partial charge is 0.475 e. The van der Waals surface area contributed by atoms with Crippen LogP contribution in [-0.2, 0) is 27.3 Å². The molecule has 0 unspecified atom stereocenters. The molecule has 0 amide bonds. The van der Waals surface area contributed by atoms with Gasteiger partial charge < -0.3 is 14.9 Å². The molecule has 0 aliphatic carbocycles. The Kier molecular flexibility index (Phi) is 12.0. The van der Waals surface area contributed by atoms with E-state index in [1.807, 2.05) is 30.5 Å². The van der Waals surface area contributed by atoms with Crippen LogP contribution in [0.3, 0.4) is 0 Å². The predicted molar refractivity (Wildman–Crippen MR) is 116 cm³/mol. The number of aliphatic carboxylic acids is 2. The fourth-order valence-corrected chi connectivity index (χ4v) is 3.35. The highest BCUT2D eigenvalue weighted by Crippen LogP contribution is 2.26. The molecule has 2 heterocycles. The van der Waals surface area contributed by atoms with Crippen molar-refractivity contribution in [1.29, 1.82) is 5.26 Å². The van der Waals surface area contributed by atoms with E-state index >= 15 is 0 Å². The number of nitrogens with zero attached hydrogens (tertiary/aromatic N) is 3. The number of ether oxygens (including phenoxy) is 1. The molecule has 8 nitrogen and oxygen atoms in total. The van der Waals surface area contributed by atoms with Gasteiger partial charge >= 0.3 is 24.3 Å². The van der Waals surface area contributed by atoms with E-state index in [0.29, 0.717) is 11.6 Å². The highest BCUT2D eigenvalue weighted by molar-refractivity contribution is 5.73. The van der Waals surface area contributed by atoms with Gasteiger partial charge in [-0.05, 0) is 42.2 Å². The number of hydrogen-bond donors (Lipinski definition) is 2. The molecular weight excluding hydrogens is 512 g/mol. The first kappa shape index (κ1) is 31.3. The molecule has 14 heteroatoms. The average Bonchev–Trinajstić information content (AvgIpc) is 3.20. The number of carboxylic acid groups (broad SMARTS) is 2. The second-order valence-electron chi connectivity index (χ2n) is 7.58. The second kappa shape index (κ2) is 14.1. The second-order valence-corrected chi connectivity index (χ2v) is 7.58. The molecule has 202 valence electrons. The summed E-state index contributed by atoms with van der Waals surface area (Å²) in [5, 5.41) is 23.3. The Bertz CT molecular complexity index is 1030. The Morgan fingerprint density at radius 3 is 2.11 bits per heavy atom. The SMILES string of the molecule is CO[C@@H]1CCN(Cc2cccc(C#N)c2)[C@H]1Cc1cccnc1.O=C(O)C(F)(F)F.O=C(O)C(F)(F)F. The standard InChI is InChI=1S/C19H21N3O.2C2HF3O2/c1-23-19-7-9-22(14-17-5-2-4-15(10-17)12-20)18(19)11-16-6-3-8-21-13-16;2*3-2(4,5)1(6)7/h2-6,8,10,13,18-19H,7,9,11,14H2,1H3;2*(H,6,7)/t18-,19+;;/m0../s1. The molecule has 3 rings (SSSR count). The lowest BCUT2D eigenvalue weighted by Gasteiger charge is -2.27. The maximum Gasteiger partial charge on any atom is 0.490 e. The minimum absolute atomic E-state index is 0.245. The van der Waals surface area contributed by atoms with Crippen LogP contribution in [0.25, 0.3) is 0 Å². The molecule has 1 aromatic carbocycles. The molecule has 1 fully saturated rings. The summed E-state index contributed by atoms with van der Waals surface area (Å²) in [4.78, 5) is 24.5. The molecule has 1 saturated heterocycles. The molecule has 0 saturated carbocycles. The van der Waals surface area contributed by atoms with Crippen LogP contribution < -0.4 is 0 Å². The molecule has 2 atom stereocenters. The maximum absolute atomic E-state index is 10.6. The lowest BCUT2D eigenvalue weighted by atomic mass is 10.0. The van der Waals surface area contributed by atoms with Crippen molar-refractivity contribution in [2.24, 2.45) is 0 Å². The summed E-state index contributed by atoms with van der Waals surface area (Å²) in [5.74, 6) is -5.51. The lowest BCUT2D eigenvalue weighted by Crippen LogP contribution is -2.37. The Morgan fingerprint density at radius 2 is 1.65 bits per heavy atom. The first-order valence-electron chi connectivity index (χ1n) is 10.4. The van der Waals surface area contributed by atoms with Crippen LogP contribution in [0, 0.1) is 11.3 Å². The number of alkyl halides is 6. The number of likely N-dealkylation sites (tertiary alicyclic amines) is 1. The maximum atomic E-state index is 10.6. The zero-order valence-corrected chi connectivity index (χ0v) is 19.3. The molecule has 2 N–H and O–H groups in total. The Labute approximate surface area is 207 Å². The van der Waals surface area contributed by atoms with Gasteiger partial charge in [-0.3, -0.25) is 9.88 Å². The van der Waals surface area contributed by atoms with Crippen LogP contribution in [0.1, 0.15) is 23.1 Å². The summed E-state index contributed by atoms with van der Waals surface area (Å²) in [6.45, 7) is 1.86. The topological polar surface area (TPSA) is 124 Å². The van der Waals surface area contributed by atoms with Gasteiger partial charge in [-0.2, -0.15) is 31.6 Å². The number of hydrogen-bond acceptors (Lipinski definition) is 6. The quantitative estimate of drug-likeness (QED) is 0.550. The van der Waals surface area contributed by atoms with E-state index in [1.54, 1.807) is 13.3 Å². The van der Waals surface area contributed by atoms with Crippen molar-refractivity contribution in [3.05, 3.63) is 65.5 Å². The third-order valence-electron chi connectivity index (χ3n) is 5.00. The summed E-state index contributed by atoms with van der Waals surface area (Å²) in [5.41, 5.74) is 3.13. The summed E-state index contributed by atoms with van der Waals surface area (Å²) < 4.78 is 69.2. The van der Waals surface area contributed by atoms with E-state index in [1.165, 1.54) is 11.1 Å². The van der Waals surface area contributed by atoms with Gasteiger partial charge in [0, 0.05) is 38.6 Å². The van der Waals surface area contributed by atoms with Crippen molar-refractivity contribution in [3.8, 4) is 6.07 Å². The monoisotopic (exact) mass is 535 g/mol.